The number of hydrogen-bond acceptors (Lipinski definition) is 3. The molecule has 0 saturated carbocycles. The number of thiophene rings is 1. The Morgan fingerprint density at radius 1 is 1.00 bits per heavy atom. The lowest BCUT2D eigenvalue weighted by Crippen LogP contribution is -2.49. The van der Waals surface area contributed by atoms with Crippen LogP contribution in [0.4, 0.5) is 4.39 Å². The van der Waals surface area contributed by atoms with Gasteiger partial charge in [0.25, 0.3) is 0 Å². The molecule has 1 unspecified atom stereocenters. The molecule has 0 radical (unpaired) electrons. The summed E-state index contributed by atoms with van der Waals surface area (Å²) in [5, 5.41) is 7.34. The molecule has 1 N–H and O–H groups in total. The summed E-state index contributed by atoms with van der Waals surface area (Å²) in [6.07, 6.45) is 3.83. The van der Waals surface area contributed by atoms with Crippen LogP contribution in [-0.2, 0) is 17.8 Å². The third kappa shape index (κ3) is 5.35. The fourth-order valence-electron chi connectivity index (χ4n) is 4.04. The number of benzene rings is 2. The lowest BCUT2D eigenvalue weighted by molar-refractivity contribution is -0.127. The molecule has 1 atom stereocenters. The molecule has 0 spiro atoms. The van der Waals surface area contributed by atoms with Crippen LogP contribution >= 0.6 is 11.3 Å². The van der Waals surface area contributed by atoms with Gasteiger partial charge in [0, 0.05) is 13.1 Å². The maximum atomic E-state index is 13.0. The monoisotopic (exact) mass is 422 g/mol. The largest absolute Gasteiger partial charge is 0.354 e. The minimum atomic E-state index is -0.232. The van der Waals surface area contributed by atoms with E-state index in [1.165, 1.54) is 28.8 Å². The van der Waals surface area contributed by atoms with Gasteiger partial charge in [-0.1, -0.05) is 42.8 Å². The van der Waals surface area contributed by atoms with E-state index >= 15 is 0 Å². The Labute approximate surface area is 181 Å². The van der Waals surface area contributed by atoms with Gasteiger partial charge in [-0.15, -0.1) is 0 Å². The summed E-state index contributed by atoms with van der Waals surface area (Å²) < 4.78 is 13.0. The van der Waals surface area contributed by atoms with Crippen LogP contribution in [0.3, 0.4) is 0 Å². The van der Waals surface area contributed by atoms with Crippen molar-refractivity contribution in [2.45, 2.75) is 38.3 Å². The first-order valence-electron chi connectivity index (χ1n) is 10.6. The molecule has 156 valence electrons. The van der Waals surface area contributed by atoms with Gasteiger partial charge < -0.3 is 5.32 Å². The van der Waals surface area contributed by atoms with E-state index in [1.54, 1.807) is 23.5 Å². The minimum absolute atomic E-state index is 0.0801. The predicted octanol–water partition coefficient (Wildman–Crippen LogP) is 5.27. The number of amides is 1. The quantitative estimate of drug-likeness (QED) is 0.563. The molecule has 1 aromatic heterocycles. The van der Waals surface area contributed by atoms with Gasteiger partial charge in [0.1, 0.15) is 5.82 Å². The zero-order chi connectivity index (χ0) is 20.8. The smallest absolute Gasteiger partial charge is 0.237 e. The van der Waals surface area contributed by atoms with E-state index in [4.69, 9.17) is 0 Å². The molecule has 0 aliphatic carbocycles. The van der Waals surface area contributed by atoms with E-state index in [9.17, 15) is 9.18 Å². The van der Waals surface area contributed by atoms with Gasteiger partial charge in [-0.2, -0.15) is 11.3 Å². The number of nitrogens with one attached hydrogen (secondary N) is 1. The molecule has 2 heterocycles. The molecule has 3 nitrogen and oxygen atoms in total. The maximum Gasteiger partial charge on any atom is 0.237 e. The molecule has 1 fully saturated rings. The average molecular weight is 423 g/mol. The number of carbonyl (C=O) groups excluding carboxylic acids is 1. The van der Waals surface area contributed by atoms with E-state index in [0.717, 1.165) is 37.9 Å². The van der Waals surface area contributed by atoms with Crippen molar-refractivity contribution < 1.29 is 9.18 Å². The molecule has 3 aromatic rings. The van der Waals surface area contributed by atoms with Crippen LogP contribution in [0, 0.1) is 5.82 Å². The fourth-order valence-corrected chi connectivity index (χ4v) is 4.71. The van der Waals surface area contributed by atoms with Crippen molar-refractivity contribution in [2.24, 2.45) is 0 Å². The SMILES string of the molecule is O=C(NCCc1ccc(F)cc1)C1CCCCN1Cc1ccc(-c2ccsc2)cc1. The van der Waals surface area contributed by atoms with Crippen molar-refractivity contribution in [3.63, 3.8) is 0 Å². The number of nitrogens with zero attached hydrogens (tertiary/aromatic N) is 1. The van der Waals surface area contributed by atoms with Crippen molar-refractivity contribution >= 4 is 17.2 Å². The number of likely N-dealkylation sites (tertiary alicyclic amines) is 1. The maximum absolute atomic E-state index is 13.0. The first-order chi connectivity index (χ1) is 14.7. The molecule has 1 aliphatic rings. The Balaban J connectivity index is 1.32. The molecule has 1 saturated heterocycles. The van der Waals surface area contributed by atoms with Gasteiger partial charge in [-0.05, 0) is 77.0 Å². The van der Waals surface area contributed by atoms with E-state index in [1.807, 2.05) is 0 Å². The number of halogens is 1. The highest BCUT2D eigenvalue weighted by Gasteiger charge is 2.28. The summed E-state index contributed by atoms with van der Waals surface area (Å²) in [6.45, 7) is 2.31. The molecule has 5 heteroatoms. The first kappa shape index (κ1) is 20.8. The number of piperidine rings is 1. The van der Waals surface area contributed by atoms with E-state index in [-0.39, 0.29) is 17.8 Å². The van der Waals surface area contributed by atoms with Crippen LogP contribution in [0.1, 0.15) is 30.4 Å². The number of hydrogen-bond donors (Lipinski definition) is 1. The second-order valence-electron chi connectivity index (χ2n) is 7.86. The Bertz CT molecular complexity index is 938. The van der Waals surface area contributed by atoms with E-state index < -0.39 is 0 Å². The van der Waals surface area contributed by atoms with Gasteiger partial charge in [0.15, 0.2) is 0 Å². The molecular formula is C25H27FN2OS. The molecule has 2 aromatic carbocycles. The Kier molecular flexibility index (Phi) is 6.92. The highest BCUT2D eigenvalue weighted by atomic mass is 32.1. The Morgan fingerprint density at radius 3 is 2.50 bits per heavy atom. The van der Waals surface area contributed by atoms with Gasteiger partial charge in [0.2, 0.25) is 5.91 Å². The standard InChI is InChI=1S/C25H27FN2OS/c26-23-10-6-19(7-11-23)12-14-27-25(29)24-3-1-2-15-28(24)17-20-4-8-21(9-5-20)22-13-16-30-18-22/h4-11,13,16,18,24H,1-3,12,14-15,17H2,(H,27,29). The van der Waals surface area contributed by atoms with Gasteiger partial charge in [-0.25, -0.2) is 4.39 Å². The summed E-state index contributed by atoms with van der Waals surface area (Å²) >= 11 is 1.71. The summed E-state index contributed by atoms with van der Waals surface area (Å²) in [7, 11) is 0. The van der Waals surface area contributed by atoms with Crippen molar-refractivity contribution in [1.82, 2.24) is 10.2 Å². The molecular weight excluding hydrogens is 395 g/mol. The van der Waals surface area contributed by atoms with Crippen LogP contribution in [0.5, 0.6) is 0 Å². The third-order valence-corrected chi connectivity index (χ3v) is 6.42. The molecule has 30 heavy (non-hydrogen) atoms. The van der Waals surface area contributed by atoms with Crippen LogP contribution in [0.25, 0.3) is 11.1 Å². The summed E-state index contributed by atoms with van der Waals surface area (Å²) in [4.78, 5) is 15.1. The first-order valence-corrected chi connectivity index (χ1v) is 11.5. The highest BCUT2D eigenvalue weighted by Crippen LogP contribution is 2.24. The van der Waals surface area contributed by atoms with Crippen LogP contribution < -0.4 is 5.32 Å². The van der Waals surface area contributed by atoms with Crippen molar-refractivity contribution in [3.05, 3.63) is 82.3 Å². The number of carbonyl (C=O) groups is 1. The van der Waals surface area contributed by atoms with Crippen molar-refractivity contribution in [3.8, 4) is 11.1 Å². The fraction of sp³-hybridized carbons (Fsp3) is 0.320. The molecule has 1 aliphatic heterocycles. The van der Waals surface area contributed by atoms with Crippen LogP contribution in [0.2, 0.25) is 0 Å². The predicted molar refractivity (Wildman–Crippen MR) is 121 cm³/mol. The zero-order valence-electron chi connectivity index (χ0n) is 17.0. The van der Waals surface area contributed by atoms with Crippen LogP contribution in [0.15, 0.2) is 65.4 Å². The summed E-state index contributed by atoms with van der Waals surface area (Å²) in [6, 6.07) is 17.2. The summed E-state index contributed by atoms with van der Waals surface area (Å²) in [5.41, 5.74) is 4.75. The lowest BCUT2D eigenvalue weighted by atomic mass is 9.99. The van der Waals surface area contributed by atoms with Gasteiger partial charge in [0.05, 0.1) is 6.04 Å². The third-order valence-electron chi connectivity index (χ3n) is 5.74. The van der Waals surface area contributed by atoms with E-state index in [0.29, 0.717) is 13.0 Å². The second-order valence-corrected chi connectivity index (χ2v) is 8.64. The minimum Gasteiger partial charge on any atom is -0.354 e. The Hall–Kier alpha value is -2.50. The highest BCUT2D eigenvalue weighted by molar-refractivity contribution is 7.08. The second kappa shape index (κ2) is 10.0. The normalized spacial score (nSPS) is 17.0. The average Bonchev–Trinajstić information content (AvgIpc) is 3.31. The lowest BCUT2D eigenvalue weighted by Gasteiger charge is -2.34. The molecule has 0 bridgehead atoms. The van der Waals surface area contributed by atoms with Crippen molar-refractivity contribution in [2.75, 3.05) is 13.1 Å². The van der Waals surface area contributed by atoms with Gasteiger partial charge in [-0.3, -0.25) is 9.69 Å². The topological polar surface area (TPSA) is 32.3 Å². The summed E-state index contributed by atoms with van der Waals surface area (Å²) in [5.74, 6) is -0.129. The zero-order valence-corrected chi connectivity index (χ0v) is 17.8. The molecule has 4 rings (SSSR count). The Morgan fingerprint density at radius 2 is 1.77 bits per heavy atom. The van der Waals surface area contributed by atoms with Crippen LogP contribution in [-0.4, -0.2) is 29.9 Å². The van der Waals surface area contributed by atoms with Crippen molar-refractivity contribution in [1.29, 1.82) is 0 Å². The van der Waals surface area contributed by atoms with E-state index in [2.05, 4.69) is 51.3 Å². The van der Waals surface area contributed by atoms with Gasteiger partial charge >= 0.3 is 0 Å². The molecule has 1 amide bonds. The number of rotatable bonds is 7.